The molecule has 37 heavy (non-hydrogen) atoms. The molecule has 0 aliphatic heterocycles. The van der Waals surface area contributed by atoms with Crippen LogP contribution in [-0.2, 0) is 19.2 Å². The van der Waals surface area contributed by atoms with E-state index in [4.69, 9.17) is 25.5 Å². The molecule has 0 aromatic heterocycles. The molecule has 5 N–H and O–H groups in total. The Morgan fingerprint density at radius 2 is 1.27 bits per heavy atom. The van der Waals surface area contributed by atoms with Gasteiger partial charge in [0.15, 0.2) is 5.05 Å². The summed E-state index contributed by atoms with van der Waals surface area (Å²) < 4.78 is 0. The van der Waals surface area contributed by atoms with Crippen LogP contribution in [0.15, 0.2) is 12.7 Å². The minimum Gasteiger partial charge on any atom is -0.502 e. The summed E-state index contributed by atoms with van der Waals surface area (Å²) in [4.78, 5) is 40.3. The largest absolute Gasteiger partial charge is 0.502 e. The van der Waals surface area contributed by atoms with Crippen molar-refractivity contribution in [3.05, 3.63) is 12.7 Å². The van der Waals surface area contributed by atoms with Gasteiger partial charge in [0, 0.05) is 5.92 Å². The van der Waals surface area contributed by atoms with Gasteiger partial charge in [0.05, 0.1) is 23.7 Å². The van der Waals surface area contributed by atoms with E-state index < -0.39 is 23.9 Å². The van der Waals surface area contributed by atoms with Crippen LogP contribution in [0.25, 0.3) is 0 Å². The lowest BCUT2D eigenvalue weighted by atomic mass is 9.86. The van der Waals surface area contributed by atoms with Crippen molar-refractivity contribution in [3.63, 3.8) is 0 Å². The third kappa shape index (κ3) is 25.0. The number of hydrogen-bond acceptors (Lipinski definition) is 5. The predicted octanol–water partition coefficient (Wildman–Crippen LogP) is 6.31. The van der Waals surface area contributed by atoms with Crippen LogP contribution in [0.1, 0.15) is 92.9 Å². The summed E-state index contributed by atoms with van der Waals surface area (Å²) in [5.74, 6) is -2.63. The number of carbonyl (C=O) groups is 4. The van der Waals surface area contributed by atoms with E-state index in [0.717, 1.165) is 44.9 Å². The second kappa shape index (κ2) is 22.7. The molecule has 0 spiro atoms. The second-order valence-electron chi connectivity index (χ2n) is 9.71. The van der Waals surface area contributed by atoms with Gasteiger partial charge in [0.1, 0.15) is 0 Å². The van der Waals surface area contributed by atoms with E-state index in [0.29, 0.717) is 12.3 Å². The normalized spacial score (nSPS) is 16.0. The predicted molar refractivity (Wildman–Crippen MR) is 148 cm³/mol. The Bertz CT molecular complexity index is 698. The molecule has 2 saturated carbocycles. The van der Waals surface area contributed by atoms with Crippen molar-refractivity contribution in [2.45, 2.75) is 92.9 Å². The highest BCUT2D eigenvalue weighted by Gasteiger charge is 2.32. The number of carboxylic acids is 4. The first-order valence-corrected chi connectivity index (χ1v) is 13.2. The molecule has 0 aromatic rings. The third-order valence-electron chi connectivity index (χ3n) is 5.75. The number of rotatable bonds is 10. The van der Waals surface area contributed by atoms with Crippen LogP contribution in [-0.4, -0.2) is 54.5 Å². The van der Waals surface area contributed by atoms with Gasteiger partial charge < -0.3 is 25.5 Å². The standard InChI is InChI=1S/C6H10O2.C6H12O2.C6H10O2.C5H8O2.C4H8OS/c1-4(6(7)8)5-2-3-5;2*1-3-4-5(2)6(7)8;6-5(7)4-2-1-3-4;1-3(2)4(5)6/h4-5H,2-3H2,1H3,(H,7,8);5H,3-4H2,1-2H3,(H,7,8);3,5H,1,4H2,2H3,(H,7,8);4H,1-3H2,(H,6,7);3H,1-2H3,(H,5,6). The molecule has 2 fully saturated rings. The summed E-state index contributed by atoms with van der Waals surface area (Å²) in [5.41, 5.74) is 0. The zero-order valence-corrected chi connectivity index (χ0v) is 24.0. The van der Waals surface area contributed by atoms with E-state index in [2.05, 4.69) is 18.8 Å². The number of aliphatic carboxylic acids is 4. The number of aliphatic hydroxyl groups is 1. The van der Waals surface area contributed by atoms with Gasteiger partial charge in [-0.3, -0.25) is 19.2 Å². The fourth-order valence-electron chi connectivity index (χ4n) is 2.36. The molecule has 216 valence electrons. The Balaban J connectivity index is -0.000000392. The van der Waals surface area contributed by atoms with Crippen molar-refractivity contribution in [1.29, 1.82) is 0 Å². The monoisotopic (exact) mass is 548 g/mol. The molecule has 0 aromatic carbocycles. The number of hydrogen-bond donors (Lipinski definition) is 5. The smallest absolute Gasteiger partial charge is 0.306 e. The second-order valence-corrected chi connectivity index (χ2v) is 10.1. The van der Waals surface area contributed by atoms with Crippen LogP contribution in [0.2, 0.25) is 0 Å². The van der Waals surface area contributed by atoms with E-state index >= 15 is 0 Å². The molecule has 0 bridgehead atoms. The van der Waals surface area contributed by atoms with Crippen molar-refractivity contribution in [2.24, 2.45) is 35.5 Å². The topological polar surface area (TPSA) is 169 Å². The SMILES string of the molecule is C=CCC(C)C(=O)O.CC(C(=O)O)C1CC1.CC(C)C(O)=S.CCCC(C)C(=O)O.O=C(O)C1CCC1. The average Bonchev–Trinajstić information content (AvgIpc) is 3.59. The average molecular weight is 549 g/mol. The molecule has 10 heteroatoms. The molecule has 0 saturated heterocycles. The van der Waals surface area contributed by atoms with Crippen molar-refractivity contribution in [3.8, 4) is 0 Å². The van der Waals surface area contributed by atoms with E-state index in [-0.39, 0.29) is 34.6 Å². The lowest BCUT2D eigenvalue weighted by molar-refractivity contribution is -0.144. The van der Waals surface area contributed by atoms with Crippen LogP contribution in [0.3, 0.4) is 0 Å². The number of aliphatic hydroxyl groups excluding tert-OH is 1. The molecular weight excluding hydrogens is 500 g/mol. The molecule has 2 aliphatic carbocycles. The van der Waals surface area contributed by atoms with Crippen LogP contribution >= 0.6 is 12.2 Å². The van der Waals surface area contributed by atoms with Crippen molar-refractivity contribution >= 4 is 41.1 Å². The fourth-order valence-corrected chi connectivity index (χ4v) is 2.36. The number of carboxylic acid groups (broad SMARTS) is 4. The maximum Gasteiger partial charge on any atom is 0.306 e. The maximum atomic E-state index is 10.2. The maximum absolute atomic E-state index is 10.2. The molecular formula is C27H48O9S. The minimum absolute atomic E-state index is 0.000000000000000444. The Morgan fingerprint density at radius 1 is 0.838 bits per heavy atom. The van der Waals surface area contributed by atoms with Crippen molar-refractivity contribution in [2.75, 3.05) is 0 Å². The van der Waals surface area contributed by atoms with E-state index in [1.165, 1.54) is 0 Å². The van der Waals surface area contributed by atoms with E-state index in [1.54, 1.807) is 26.8 Å². The molecule has 3 unspecified atom stereocenters. The van der Waals surface area contributed by atoms with Crippen LogP contribution in [0.5, 0.6) is 0 Å². The molecule has 0 heterocycles. The summed E-state index contributed by atoms with van der Waals surface area (Å²) in [6.07, 6.45) is 9.04. The quantitative estimate of drug-likeness (QED) is 0.154. The van der Waals surface area contributed by atoms with Crippen LogP contribution < -0.4 is 0 Å². The zero-order valence-electron chi connectivity index (χ0n) is 23.2. The Labute approximate surface area is 227 Å². The first-order chi connectivity index (χ1) is 17.0. The minimum atomic E-state index is -0.759. The summed E-state index contributed by atoms with van der Waals surface area (Å²) in [5, 5.41) is 41.7. The van der Waals surface area contributed by atoms with Gasteiger partial charge in [-0.25, -0.2) is 0 Å². The molecule has 0 radical (unpaired) electrons. The summed E-state index contributed by atoms with van der Waals surface area (Å²) in [6, 6.07) is 0. The number of allylic oxidation sites excluding steroid dienone is 1. The fraction of sp³-hybridized carbons (Fsp3) is 0.741. The molecule has 2 rings (SSSR count). The molecule has 0 amide bonds. The molecule has 2 aliphatic rings. The van der Waals surface area contributed by atoms with Gasteiger partial charge in [-0.05, 0) is 56.7 Å². The van der Waals surface area contributed by atoms with Gasteiger partial charge in [-0.1, -0.05) is 60.5 Å². The first-order valence-electron chi connectivity index (χ1n) is 12.8. The summed E-state index contributed by atoms with van der Waals surface area (Å²) in [7, 11) is 0. The van der Waals surface area contributed by atoms with Gasteiger partial charge in [-0.2, -0.15) is 0 Å². The van der Waals surface area contributed by atoms with Gasteiger partial charge in [0.2, 0.25) is 0 Å². The molecule has 9 nitrogen and oxygen atoms in total. The van der Waals surface area contributed by atoms with E-state index in [1.807, 2.05) is 20.8 Å². The first kappa shape index (κ1) is 39.0. The van der Waals surface area contributed by atoms with Crippen LogP contribution in [0.4, 0.5) is 0 Å². The van der Waals surface area contributed by atoms with Crippen LogP contribution in [0, 0.1) is 35.5 Å². The Morgan fingerprint density at radius 3 is 1.35 bits per heavy atom. The highest BCUT2D eigenvalue weighted by atomic mass is 32.1. The highest BCUT2D eigenvalue weighted by molar-refractivity contribution is 7.80. The van der Waals surface area contributed by atoms with Gasteiger partial charge >= 0.3 is 23.9 Å². The lowest BCUT2D eigenvalue weighted by Crippen LogP contribution is -2.20. The Kier molecular flexibility index (Phi) is 23.9. The van der Waals surface area contributed by atoms with Crippen molar-refractivity contribution in [1.82, 2.24) is 0 Å². The Hall–Kier alpha value is -2.49. The molecule has 3 atom stereocenters. The summed E-state index contributed by atoms with van der Waals surface area (Å²) >= 11 is 4.38. The zero-order chi connectivity index (χ0) is 29.7. The van der Waals surface area contributed by atoms with Crippen molar-refractivity contribution < 1.29 is 44.7 Å². The highest BCUT2D eigenvalue weighted by Crippen LogP contribution is 2.36. The van der Waals surface area contributed by atoms with E-state index in [9.17, 15) is 19.2 Å². The summed E-state index contributed by atoms with van der Waals surface area (Å²) in [6.45, 7) is 14.3. The number of thiocarbonyl (C=S) groups is 1. The lowest BCUT2D eigenvalue weighted by Gasteiger charge is -2.19. The third-order valence-corrected chi connectivity index (χ3v) is 6.22. The van der Waals surface area contributed by atoms with Gasteiger partial charge in [-0.15, -0.1) is 6.58 Å². The van der Waals surface area contributed by atoms with Gasteiger partial charge in [0.25, 0.3) is 0 Å².